The van der Waals surface area contributed by atoms with Crippen LogP contribution in [0.3, 0.4) is 0 Å². The van der Waals surface area contributed by atoms with E-state index >= 15 is 0 Å². The summed E-state index contributed by atoms with van der Waals surface area (Å²) in [6, 6.07) is 0.352. The van der Waals surface area contributed by atoms with E-state index in [2.05, 4.69) is 24.1 Å². The Hall–Kier alpha value is -0.870. The summed E-state index contributed by atoms with van der Waals surface area (Å²) in [5.41, 5.74) is 0. The number of rotatable bonds is 6. The van der Waals surface area contributed by atoms with E-state index in [4.69, 9.17) is 9.15 Å². The molecule has 0 radical (unpaired) electrons. The third-order valence-corrected chi connectivity index (χ3v) is 2.17. The fourth-order valence-corrected chi connectivity index (χ4v) is 1.23. The van der Waals surface area contributed by atoms with Crippen LogP contribution in [-0.4, -0.2) is 24.7 Å². The zero-order valence-corrected chi connectivity index (χ0v) is 8.99. The molecule has 0 saturated heterocycles. The third-order valence-electron chi connectivity index (χ3n) is 2.17. The molecule has 4 heteroatoms. The van der Waals surface area contributed by atoms with Gasteiger partial charge in [-0.2, -0.15) is 0 Å². The topological polar surface area (TPSA) is 47.3 Å². The van der Waals surface area contributed by atoms with Crippen molar-refractivity contribution in [2.45, 2.75) is 26.4 Å². The van der Waals surface area contributed by atoms with E-state index in [-0.39, 0.29) is 0 Å². The Morgan fingerprint density at radius 2 is 2.36 bits per heavy atom. The summed E-state index contributed by atoms with van der Waals surface area (Å²) in [5.74, 6) is 1.39. The van der Waals surface area contributed by atoms with Crippen molar-refractivity contribution >= 4 is 0 Å². The van der Waals surface area contributed by atoms with Crippen LogP contribution in [0.1, 0.15) is 19.6 Å². The lowest BCUT2D eigenvalue weighted by molar-refractivity contribution is 0.145. The van der Waals surface area contributed by atoms with Crippen molar-refractivity contribution in [1.82, 2.24) is 10.3 Å². The highest BCUT2D eigenvalue weighted by atomic mass is 16.5. The Balaban J connectivity index is 2.33. The molecule has 1 N–H and O–H groups in total. The minimum atomic E-state index is 0.352. The third kappa shape index (κ3) is 3.47. The zero-order valence-electron chi connectivity index (χ0n) is 8.99. The van der Waals surface area contributed by atoms with Crippen LogP contribution in [-0.2, 0) is 11.3 Å². The molecular weight excluding hydrogens is 180 g/mol. The largest absolute Gasteiger partial charge is 0.447 e. The number of oxazole rings is 1. The second-order valence-electron chi connectivity index (χ2n) is 3.65. The van der Waals surface area contributed by atoms with Crippen molar-refractivity contribution in [2.75, 3.05) is 13.7 Å². The van der Waals surface area contributed by atoms with Gasteiger partial charge in [0.2, 0.25) is 0 Å². The molecule has 0 amide bonds. The fraction of sp³-hybridized carbons (Fsp3) is 0.700. The van der Waals surface area contributed by atoms with Gasteiger partial charge in [-0.3, -0.25) is 0 Å². The van der Waals surface area contributed by atoms with E-state index in [0.717, 1.165) is 5.76 Å². The first-order valence-corrected chi connectivity index (χ1v) is 4.83. The normalized spacial score (nSPS) is 13.4. The first-order valence-electron chi connectivity index (χ1n) is 4.83. The summed E-state index contributed by atoms with van der Waals surface area (Å²) in [6.45, 7) is 5.74. The molecule has 1 atom stereocenters. The number of nitrogens with zero attached hydrogens (tertiary/aromatic N) is 1. The van der Waals surface area contributed by atoms with Crippen molar-refractivity contribution < 1.29 is 9.15 Å². The zero-order chi connectivity index (χ0) is 10.4. The van der Waals surface area contributed by atoms with E-state index in [9.17, 15) is 0 Å². The first kappa shape index (κ1) is 11.2. The summed E-state index contributed by atoms with van der Waals surface area (Å²) in [7, 11) is 1.71. The summed E-state index contributed by atoms with van der Waals surface area (Å²) in [4.78, 5) is 3.85. The molecule has 1 rings (SSSR count). The smallest absolute Gasteiger partial charge is 0.180 e. The Bertz CT molecular complexity index is 234. The van der Waals surface area contributed by atoms with Crippen molar-refractivity contribution in [3.63, 3.8) is 0 Å². The predicted molar refractivity (Wildman–Crippen MR) is 53.8 cm³/mol. The van der Waals surface area contributed by atoms with Crippen LogP contribution >= 0.6 is 0 Å². The molecule has 14 heavy (non-hydrogen) atoms. The van der Waals surface area contributed by atoms with Crippen LogP contribution < -0.4 is 5.32 Å². The Kier molecular flexibility index (Phi) is 4.62. The van der Waals surface area contributed by atoms with Crippen LogP contribution in [0.5, 0.6) is 0 Å². The van der Waals surface area contributed by atoms with E-state index < -0.39 is 0 Å². The Morgan fingerprint density at radius 1 is 1.57 bits per heavy atom. The molecule has 4 nitrogen and oxygen atoms in total. The molecule has 1 aromatic rings. The molecule has 0 aliphatic carbocycles. The minimum Gasteiger partial charge on any atom is -0.447 e. The average Bonchev–Trinajstić information content (AvgIpc) is 2.64. The van der Waals surface area contributed by atoms with Crippen LogP contribution in [0, 0.1) is 5.92 Å². The van der Waals surface area contributed by atoms with E-state index in [1.54, 1.807) is 13.3 Å². The van der Waals surface area contributed by atoms with Gasteiger partial charge in [0.15, 0.2) is 6.39 Å². The number of methoxy groups -OCH3 is 1. The van der Waals surface area contributed by atoms with Gasteiger partial charge in [-0.25, -0.2) is 4.98 Å². The highest BCUT2D eigenvalue weighted by Gasteiger charge is 2.12. The van der Waals surface area contributed by atoms with Crippen LogP contribution in [0.15, 0.2) is 17.0 Å². The molecule has 1 aromatic heterocycles. The number of hydrogen-bond acceptors (Lipinski definition) is 4. The van der Waals surface area contributed by atoms with Gasteiger partial charge in [0, 0.05) is 13.2 Å². The summed E-state index contributed by atoms with van der Waals surface area (Å²) < 4.78 is 10.3. The van der Waals surface area contributed by atoms with E-state index in [1.165, 1.54) is 6.39 Å². The number of ether oxygens (including phenoxy) is 1. The maximum absolute atomic E-state index is 5.13. The minimum absolute atomic E-state index is 0.352. The SMILES string of the molecule is COCC(NCc1cnco1)C(C)C. The fourth-order valence-electron chi connectivity index (χ4n) is 1.23. The lowest BCUT2D eigenvalue weighted by Gasteiger charge is -2.20. The highest BCUT2D eigenvalue weighted by molar-refractivity contribution is 4.88. The lowest BCUT2D eigenvalue weighted by Crippen LogP contribution is -2.37. The van der Waals surface area contributed by atoms with Gasteiger partial charge in [0.1, 0.15) is 5.76 Å². The molecule has 0 aliphatic heterocycles. The molecule has 0 spiro atoms. The van der Waals surface area contributed by atoms with Crippen LogP contribution in [0.2, 0.25) is 0 Å². The van der Waals surface area contributed by atoms with Gasteiger partial charge in [-0.05, 0) is 5.92 Å². The van der Waals surface area contributed by atoms with Crippen LogP contribution in [0.25, 0.3) is 0 Å². The maximum atomic E-state index is 5.13. The summed E-state index contributed by atoms with van der Waals surface area (Å²) in [5, 5.41) is 3.36. The van der Waals surface area contributed by atoms with Gasteiger partial charge < -0.3 is 14.5 Å². The highest BCUT2D eigenvalue weighted by Crippen LogP contribution is 2.04. The summed E-state index contributed by atoms with van der Waals surface area (Å²) >= 11 is 0. The average molecular weight is 198 g/mol. The van der Waals surface area contributed by atoms with Gasteiger partial charge in [-0.15, -0.1) is 0 Å². The first-order chi connectivity index (χ1) is 6.74. The van der Waals surface area contributed by atoms with Gasteiger partial charge in [-0.1, -0.05) is 13.8 Å². The van der Waals surface area contributed by atoms with Crippen molar-refractivity contribution in [3.8, 4) is 0 Å². The quantitative estimate of drug-likeness (QED) is 0.751. The molecule has 0 aromatic carbocycles. The van der Waals surface area contributed by atoms with Gasteiger partial charge >= 0.3 is 0 Å². The second kappa shape index (κ2) is 5.78. The van der Waals surface area contributed by atoms with Crippen LogP contribution in [0.4, 0.5) is 0 Å². The molecule has 0 aliphatic rings. The molecule has 80 valence electrons. The molecule has 1 unspecified atom stereocenters. The van der Waals surface area contributed by atoms with Crippen molar-refractivity contribution in [3.05, 3.63) is 18.4 Å². The lowest BCUT2D eigenvalue weighted by atomic mass is 10.1. The van der Waals surface area contributed by atoms with Crippen molar-refractivity contribution in [1.29, 1.82) is 0 Å². The molecule has 1 heterocycles. The Labute approximate surface area is 84.7 Å². The van der Waals surface area contributed by atoms with Gasteiger partial charge in [0.25, 0.3) is 0 Å². The van der Waals surface area contributed by atoms with E-state index in [1.807, 2.05) is 0 Å². The standard InChI is InChI=1S/C10H18N2O2/c1-8(2)10(6-13-3)12-5-9-4-11-7-14-9/h4,7-8,10,12H,5-6H2,1-3H3. The molecular formula is C10H18N2O2. The Morgan fingerprint density at radius 3 is 2.86 bits per heavy atom. The molecule has 0 fully saturated rings. The van der Waals surface area contributed by atoms with Gasteiger partial charge in [0.05, 0.1) is 19.3 Å². The summed E-state index contributed by atoms with van der Waals surface area (Å²) in [6.07, 6.45) is 3.16. The number of hydrogen-bond donors (Lipinski definition) is 1. The molecule has 0 saturated carbocycles. The maximum Gasteiger partial charge on any atom is 0.180 e. The number of nitrogens with one attached hydrogen (secondary N) is 1. The predicted octanol–water partition coefficient (Wildman–Crippen LogP) is 1.44. The van der Waals surface area contributed by atoms with Crippen molar-refractivity contribution in [2.24, 2.45) is 5.92 Å². The van der Waals surface area contributed by atoms with E-state index in [0.29, 0.717) is 25.1 Å². The molecule has 0 bridgehead atoms. The monoisotopic (exact) mass is 198 g/mol. The number of aromatic nitrogens is 1. The second-order valence-corrected chi connectivity index (χ2v) is 3.65.